The minimum Gasteiger partial charge on any atom is -0.495 e. The molecule has 0 spiro atoms. The van der Waals surface area contributed by atoms with Crippen molar-refractivity contribution in [3.05, 3.63) is 68.1 Å². The third-order valence-corrected chi connectivity index (χ3v) is 4.29. The fraction of sp³-hybridized carbons (Fsp3) is 0.167. The highest BCUT2D eigenvalue weighted by Gasteiger charge is 2.07. The zero-order valence-corrected chi connectivity index (χ0v) is 16.1. The zero-order valence-electron chi connectivity index (χ0n) is 12.9. The molecule has 0 bridgehead atoms. The summed E-state index contributed by atoms with van der Waals surface area (Å²) in [6, 6.07) is 11.9. The topological polar surface area (TPSA) is 38.3 Å². The Balaban J connectivity index is 2.02. The van der Waals surface area contributed by atoms with Crippen LogP contribution in [-0.4, -0.2) is 13.0 Å². The van der Waals surface area contributed by atoms with Gasteiger partial charge in [-0.25, -0.2) is 0 Å². The van der Waals surface area contributed by atoms with E-state index in [2.05, 4.69) is 37.2 Å². The summed E-state index contributed by atoms with van der Waals surface area (Å²) in [4.78, 5) is 12.0. The third kappa shape index (κ3) is 5.22. The largest absolute Gasteiger partial charge is 0.495 e. The average Bonchev–Trinajstić information content (AvgIpc) is 2.52. The smallest absolute Gasteiger partial charge is 0.244 e. The van der Waals surface area contributed by atoms with E-state index in [0.29, 0.717) is 12.3 Å². The van der Waals surface area contributed by atoms with Gasteiger partial charge in [-0.15, -0.1) is 0 Å². The van der Waals surface area contributed by atoms with E-state index in [1.165, 1.54) is 11.6 Å². The first-order valence-corrected chi connectivity index (χ1v) is 8.62. The number of ether oxygens (including phenoxy) is 1. The van der Waals surface area contributed by atoms with Crippen molar-refractivity contribution in [2.75, 3.05) is 7.11 Å². The first-order chi connectivity index (χ1) is 11.0. The van der Waals surface area contributed by atoms with E-state index in [4.69, 9.17) is 4.74 Å². The summed E-state index contributed by atoms with van der Waals surface area (Å²) in [5.74, 6) is 0.541. The lowest BCUT2D eigenvalue weighted by atomic mass is 10.1. The Morgan fingerprint density at radius 1 is 1.22 bits per heavy atom. The summed E-state index contributed by atoms with van der Waals surface area (Å²) in [5.41, 5.74) is 3.09. The van der Waals surface area contributed by atoms with Gasteiger partial charge in [0.2, 0.25) is 5.91 Å². The highest BCUT2D eigenvalue weighted by molar-refractivity contribution is 9.11. The van der Waals surface area contributed by atoms with Crippen LogP contribution >= 0.6 is 31.9 Å². The number of hydrogen-bond donors (Lipinski definition) is 1. The van der Waals surface area contributed by atoms with Gasteiger partial charge in [-0.2, -0.15) is 0 Å². The Labute approximate surface area is 153 Å². The normalized spacial score (nSPS) is 10.8. The van der Waals surface area contributed by atoms with Gasteiger partial charge in [-0.1, -0.05) is 45.8 Å². The number of carbonyl (C=O) groups is 1. The second-order valence-electron chi connectivity index (χ2n) is 5.05. The van der Waals surface area contributed by atoms with E-state index in [1.54, 1.807) is 13.2 Å². The lowest BCUT2D eigenvalue weighted by molar-refractivity contribution is -0.116. The molecule has 2 aromatic carbocycles. The number of nitrogens with one attached hydrogen (secondary N) is 1. The monoisotopic (exact) mass is 437 g/mol. The lowest BCUT2D eigenvalue weighted by Crippen LogP contribution is -2.20. The van der Waals surface area contributed by atoms with Gasteiger partial charge in [0.25, 0.3) is 0 Å². The first-order valence-electron chi connectivity index (χ1n) is 7.04. The molecule has 2 rings (SSSR count). The van der Waals surface area contributed by atoms with E-state index in [0.717, 1.165) is 20.1 Å². The molecule has 0 aliphatic heterocycles. The maximum atomic E-state index is 12.0. The number of carbonyl (C=O) groups excluding carboxylic acids is 1. The molecule has 0 aromatic heterocycles. The predicted octanol–water partition coefficient (Wildman–Crippen LogP) is 4.86. The summed E-state index contributed by atoms with van der Waals surface area (Å²) < 4.78 is 7.09. The molecule has 1 amide bonds. The summed E-state index contributed by atoms with van der Waals surface area (Å²) >= 11 is 6.87. The van der Waals surface area contributed by atoms with Crippen LogP contribution in [0, 0.1) is 6.92 Å². The SMILES string of the molecule is COc1c(Br)cc(Br)cc1/C=C/C(=O)NCc1ccc(C)cc1. The Morgan fingerprint density at radius 3 is 2.57 bits per heavy atom. The Morgan fingerprint density at radius 2 is 1.91 bits per heavy atom. The summed E-state index contributed by atoms with van der Waals surface area (Å²) in [6.07, 6.45) is 3.24. The van der Waals surface area contributed by atoms with Gasteiger partial charge in [-0.05, 0) is 46.6 Å². The number of aryl methyl sites for hydroxylation is 1. The molecule has 3 nitrogen and oxygen atoms in total. The molecule has 1 N–H and O–H groups in total. The molecule has 0 saturated heterocycles. The van der Waals surface area contributed by atoms with Gasteiger partial charge in [0.1, 0.15) is 5.75 Å². The molecule has 0 heterocycles. The van der Waals surface area contributed by atoms with Gasteiger partial charge in [-0.3, -0.25) is 4.79 Å². The van der Waals surface area contributed by atoms with Crippen LogP contribution in [0.2, 0.25) is 0 Å². The van der Waals surface area contributed by atoms with Crippen molar-refractivity contribution in [3.8, 4) is 5.75 Å². The van der Waals surface area contributed by atoms with Crippen molar-refractivity contribution in [3.63, 3.8) is 0 Å². The first kappa shape index (κ1) is 17.8. The average molecular weight is 439 g/mol. The maximum Gasteiger partial charge on any atom is 0.244 e. The van der Waals surface area contributed by atoms with Gasteiger partial charge in [0.05, 0.1) is 11.6 Å². The fourth-order valence-electron chi connectivity index (χ4n) is 2.04. The van der Waals surface area contributed by atoms with Gasteiger partial charge < -0.3 is 10.1 Å². The number of amides is 1. The molecule has 0 atom stereocenters. The Hall–Kier alpha value is -1.59. The molecule has 0 radical (unpaired) electrons. The van der Waals surface area contributed by atoms with E-state index >= 15 is 0 Å². The zero-order chi connectivity index (χ0) is 16.8. The summed E-state index contributed by atoms with van der Waals surface area (Å²) in [7, 11) is 1.60. The number of rotatable bonds is 5. The molecule has 5 heteroatoms. The highest BCUT2D eigenvalue weighted by atomic mass is 79.9. The molecule has 0 aliphatic carbocycles. The Bertz CT molecular complexity index is 725. The second kappa shape index (κ2) is 8.31. The van der Waals surface area contributed by atoms with E-state index in [-0.39, 0.29) is 5.91 Å². The van der Waals surface area contributed by atoms with E-state index < -0.39 is 0 Å². The molecular weight excluding hydrogens is 422 g/mol. The minimum absolute atomic E-state index is 0.149. The van der Waals surface area contributed by atoms with Crippen LogP contribution in [0.5, 0.6) is 5.75 Å². The number of hydrogen-bond acceptors (Lipinski definition) is 2. The molecule has 0 saturated carbocycles. The molecule has 0 fully saturated rings. The molecular formula is C18H17Br2NO2. The van der Waals surface area contributed by atoms with Crippen LogP contribution < -0.4 is 10.1 Å². The van der Waals surface area contributed by atoms with Crippen LogP contribution in [-0.2, 0) is 11.3 Å². The van der Waals surface area contributed by atoms with Gasteiger partial charge in [0.15, 0.2) is 0 Å². The number of halogens is 2. The Kier molecular flexibility index (Phi) is 6.42. The lowest BCUT2D eigenvalue weighted by Gasteiger charge is -2.08. The maximum absolute atomic E-state index is 12.0. The van der Waals surface area contributed by atoms with Crippen molar-refractivity contribution >= 4 is 43.8 Å². The van der Waals surface area contributed by atoms with Crippen LogP contribution in [0.4, 0.5) is 0 Å². The van der Waals surface area contributed by atoms with Crippen molar-refractivity contribution in [2.24, 2.45) is 0 Å². The number of methoxy groups -OCH3 is 1. The summed E-state index contributed by atoms with van der Waals surface area (Å²) in [6.45, 7) is 2.54. The quantitative estimate of drug-likeness (QED) is 0.677. The van der Waals surface area contributed by atoms with Crippen LogP contribution in [0.1, 0.15) is 16.7 Å². The van der Waals surface area contributed by atoms with Crippen LogP contribution in [0.15, 0.2) is 51.4 Å². The van der Waals surface area contributed by atoms with Gasteiger partial charge >= 0.3 is 0 Å². The van der Waals surface area contributed by atoms with Crippen molar-refractivity contribution < 1.29 is 9.53 Å². The second-order valence-corrected chi connectivity index (χ2v) is 6.82. The van der Waals surface area contributed by atoms with Crippen molar-refractivity contribution in [2.45, 2.75) is 13.5 Å². The molecule has 23 heavy (non-hydrogen) atoms. The van der Waals surface area contributed by atoms with E-state index in [1.807, 2.05) is 43.3 Å². The van der Waals surface area contributed by atoms with E-state index in [9.17, 15) is 4.79 Å². The molecule has 120 valence electrons. The third-order valence-electron chi connectivity index (χ3n) is 3.24. The minimum atomic E-state index is -0.149. The van der Waals surface area contributed by atoms with Crippen molar-refractivity contribution in [1.82, 2.24) is 5.32 Å². The molecule has 0 unspecified atom stereocenters. The molecule has 0 aliphatic rings. The molecule has 2 aromatic rings. The van der Waals surface area contributed by atoms with Crippen molar-refractivity contribution in [1.29, 1.82) is 0 Å². The summed E-state index contributed by atoms with van der Waals surface area (Å²) in [5, 5.41) is 2.87. The van der Waals surface area contributed by atoms with Crippen LogP contribution in [0.25, 0.3) is 6.08 Å². The predicted molar refractivity (Wildman–Crippen MR) is 100 cm³/mol. The van der Waals surface area contributed by atoms with Gasteiger partial charge in [0, 0.05) is 22.7 Å². The van der Waals surface area contributed by atoms with Crippen LogP contribution in [0.3, 0.4) is 0 Å². The fourth-order valence-corrected chi connectivity index (χ4v) is 3.46. The standard InChI is InChI=1S/C18H17Br2NO2/c1-12-3-5-13(6-4-12)11-21-17(22)8-7-14-9-15(19)10-16(20)18(14)23-2/h3-10H,11H2,1-2H3,(H,21,22)/b8-7+. The number of benzene rings is 2. The highest BCUT2D eigenvalue weighted by Crippen LogP contribution is 2.33.